The second-order valence-corrected chi connectivity index (χ2v) is 5.81. The SMILES string of the molecule is CCC(CC1CC1C(=O)OC)c1ccc(C)c(C)c1. The fourth-order valence-corrected chi connectivity index (χ4v) is 2.87. The Hall–Kier alpha value is -1.31. The van der Waals surface area contributed by atoms with Gasteiger partial charge in [0.15, 0.2) is 0 Å². The Morgan fingerprint density at radius 2 is 2.11 bits per heavy atom. The van der Waals surface area contributed by atoms with Crippen LogP contribution in [0.2, 0.25) is 0 Å². The molecule has 0 amide bonds. The summed E-state index contributed by atoms with van der Waals surface area (Å²) < 4.78 is 4.82. The van der Waals surface area contributed by atoms with Crippen molar-refractivity contribution in [3.63, 3.8) is 0 Å². The quantitative estimate of drug-likeness (QED) is 0.748. The number of esters is 1. The molecule has 3 atom stereocenters. The van der Waals surface area contributed by atoms with E-state index in [4.69, 9.17) is 4.74 Å². The molecule has 0 saturated heterocycles. The van der Waals surface area contributed by atoms with E-state index in [1.54, 1.807) is 0 Å². The minimum absolute atomic E-state index is 0.0278. The number of ether oxygens (including phenoxy) is 1. The predicted molar refractivity (Wildman–Crippen MR) is 77.2 cm³/mol. The van der Waals surface area contributed by atoms with Crippen LogP contribution in [0.5, 0.6) is 0 Å². The van der Waals surface area contributed by atoms with Crippen molar-refractivity contribution >= 4 is 5.97 Å². The maximum Gasteiger partial charge on any atom is 0.308 e. The highest BCUT2D eigenvalue weighted by atomic mass is 16.5. The maximum atomic E-state index is 11.5. The highest BCUT2D eigenvalue weighted by Crippen LogP contribution is 2.46. The highest BCUT2D eigenvalue weighted by molar-refractivity contribution is 5.75. The first kappa shape index (κ1) is 14.1. The number of methoxy groups -OCH3 is 1. The number of benzene rings is 1. The van der Waals surface area contributed by atoms with Crippen LogP contribution in [0.15, 0.2) is 18.2 Å². The third-order valence-corrected chi connectivity index (χ3v) is 4.51. The van der Waals surface area contributed by atoms with Gasteiger partial charge in [-0.25, -0.2) is 0 Å². The minimum atomic E-state index is -0.0278. The standard InChI is InChI=1S/C17H24O2/c1-5-13(9-15-10-16(15)17(18)19-4)14-7-6-11(2)12(3)8-14/h6-8,13,15-16H,5,9-10H2,1-4H3. The number of hydrogen-bond donors (Lipinski definition) is 0. The summed E-state index contributed by atoms with van der Waals surface area (Å²) in [7, 11) is 1.48. The smallest absolute Gasteiger partial charge is 0.308 e. The number of carbonyl (C=O) groups is 1. The summed E-state index contributed by atoms with van der Waals surface area (Å²) in [4.78, 5) is 11.5. The van der Waals surface area contributed by atoms with Crippen LogP contribution in [0, 0.1) is 25.7 Å². The molecule has 1 aliphatic rings. The molecule has 19 heavy (non-hydrogen) atoms. The lowest BCUT2D eigenvalue weighted by molar-refractivity contribution is -0.142. The molecule has 2 rings (SSSR count). The van der Waals surface area contributed by atoms with E-state index < -0.39 is 0 Å². The van der Waals surface area contributed by atoms with E-state index in [0.717, 1.165) is 19.3 Å². The summed E-state index contributed by atoms with van der Waals surface area (Å²) in [6.07, 6.45) is 3.25. The predicted octanol–water partition coefficient (Wildman–Crippen LogP) is 4.00. The maximum absolute atomic E-state index is 11.5. The second-order valence-electron chi connectivity index (χ2n) is 5.81. The van der Waals surface area contributed by atoms with Crippen molar-refractivity contribution in [3.8, 4) is 0 Å². The van der Waals surface area contributed by atoms with Gasteiger partial charge < -0.3 is 4.74 Å². The molecule has 3 unspecified atom stereocenters. The summed E-state index contributed by atoms with van der Waals surface area (Å²) in [5.74, 6) is 1.23. The number of rotatable bonds is 5. The van der Waals surface area contributed by atoms with Crippen LogP contribution in [0.4, 0.5) is 0 Å². The van der Waals surface area contributed by atoms with E-state index in [1.807, 2.05) is 0 Å². The molecule has 2 nitrogen and oxygen atoms in total. The Bertz CT molecular complexity index is 464. The molecule has 1 aromatic rings. The van der Waals surface area contributed by atoms with Crippen LogP contribution < -0.4 is 0 Å². The van der Waals surface area contributed by atoms with Crippen LogP contribution in [-0.2, 0) is 9.53 Å². The van der Waals surface area contributed by atoms with Crippen LogP contribution >= 0.6 is 0 Å². The van der Waals surface area contributed by atoms with Crippen molar-refractivity contribution in [2.45, 2.75) is 46.0 Å². The lowest BCUT2D eigenvalue weighted by Gasteiger charge is -2.16. The Labute approximate surface area is 116 Å². The molecule has 0 aromatic heterocycles. The summed E-state index contributed by atoms with van der Waals surface area (Å²) in [5.41, 5.74) is 4.12. The van der Waals surface area contributed by atoms with Gasteiger partial charge in [0, 0.05) is 0 Å². The molecular weight excluding hydrogens is 236 g/mol. The van der Waals surface area contributed by atoms with Crippen molar-refractivity contribution in [2.75, 3.05) is 7.11 Å². The van der Waals surface area contributed by atoms with Crippen molar-refractivity contribution < 1.29 is 9.53 Å². The van der Waals surface area contributed by atoms with Crippen LogP contribution in [0.1, 0.15) is 48.8 Å². The monoisotopic (exact) mass is 260 g/mol. The van der Waals surface area contributed by atoms with Crippen LogP contribution in [-0.4, -0.2) is 13.1 Å². The summed E-state index contributed by atoms with van der Waals surface area (Å²) in [6.45, 7) is 6.55. The van der Waals surface area contributed by atoms with E-state index in [1.165, 1.54) is 23.8 Å². The molecule has 0 bridgehead atoms. The lowest BCUT2D eigenvalue weighted by Crippen LogP contribution is -2.06. The van der Waals surface area contributed by atoms with Gasteiger partial charge in [0.05, 0.1) is 13.0 Å². The van der Waals surface area contributed by atoms with E-state index in [9.17, 15) is 4.79 Å². The van der Waals surface area contributed by atoms with Crippen molar-refractivity contribution in [3.05, 3.63) is 34.9 Å². The molecule has 1 aromatic carbocycles. The van der Waals surface area contributed by atoms with E-state index in [2.05, 4.69) is 39.0 Å². The van der Waals surface area contributed by atoms with Gasteiger partial charge in [-0.05, 0) is 61.6 Å². The van der Waals surface area contributed by atoms with E-state index >= 15 is 0 Å². The number of aryl methyl sites for hydroxylation is 2. The second kappa shape index (κ2) is 5.77. The Morgan fingerprint density at radius 1 is 1.37 bits per heavy atom. The minimum Gasteiger partial charge on any atom is -0.469 e. The molecule has 104 valence electrons. The zero-order valence-corrected chi connectivity index (χ0v) is 12.4. The third-order valence-electron chi connectivity index (χ3n) is 4.51. The summed E-state index contributed by atoms with van der Waals surface area (Å²) >= 11 is 0. The van der Waals surface area contributed by atoms with Gasteiger partial charge in [-0.3, -0.25) is 4.79 Å². The van der Waals surface area contributed by atoms with Crippen molar-refractivity contribution in [2.24, 2.45) is 11.8 Å². The average Bonchev–Trinajstić information content (AvgIpc) is 3.17. The van der Waals surface area contributed by atoms with Gasteiger partial charge >= 0.3 is 5.97 Å². The fraction of sp³-hybridized carbons (Fsp3) is 0.588. The van der Waals surface area contributed by atoms with Gasteiger partial charge in [-0.1, -0.05) is 25.1 Å². The van der Waals surface area contributed by atoms with Crippen molar-refractivity contribution in [1.29, 1.82) is 0 Å². The van der Waals surface area contributed by atoms with Gasteiger partial charge in [0.25, 0.3) is 0 Å². The molecule has 0 heterocycles. The van der Waals surface area contributed by atoms with Crippen LogP contribution in [0.25, 0.3) is 0 Å². The first-order valence-corrected chi connectivity index (χ1v) is 7.21. The Kier molecular flexibility index (Phi) is 4.28. The van der Waals surface area contributed by atoms with Crippen LogP contribution in [0.3, 0.4) is 0 Å². The number of carbonyl (C=O) groups excluding carboxylic acids is 1. The first-order chi connectivity index (χ1) is 9.06. The zero-order chi connectivity index (χ0) is 14.0. The van der Waals surface area contributed by atoms with Gasteiger partial charge in [-0.15, -0.1) is 0 Å². The van der Waals surface area contributed by atoms with Gasteiger partial charge in [0.1, 0.15) is 0 Å². The third kappa shape index (κ3) is 3.17. The molecular formula is C17H24O2. The molecule has 1 saturated carbocycles. The van der Waals surface area contributed by atoms with Crippen molar-refractivity contribution in [1.82, 2.24) is 0 Å². The molecule has 1 fully saturated rings. The van der Waals surface area contributed by atoms with Gasteiger partial charge in [-0.2, -0.15) is 0 Å². The zero-order valence-electron chi connectivity index (χ0n) is 12.4. The topological polar surface area (TPSA) is 26.3 Å². The Balaban J connectivity index is 2.01. The average molecular weight is 260 g/mol. The molecule has 0 N–H and O–H groups in total. The highest BCUT2D eigenvalue weighted by Gasteiger charge is 2.44. The van der Waals surface area contributed by atoms with E-state index in [-0.39, 0.29) is 11.9 Å². The first-order valence-electron chi connectivity index (χ1n) is 7.21. The molecule has 0 spiro atoms. The van der Waals surface area contributed by atoms with E-state index in [0.29, 0.717) is 11.8 Å². The number of hydrogen-bond acceptors (Lipinski definition) is 2. The summed E-state index contributed by atoms with van der Waals surface area (Å²) in [6, 6.07) is 6.75. The molecule has 0 aliphatic heterocycles. The fourth-order valence-electron chi connectivity index (χ4n) is 2.87. The normalized spacial score (nSPS) is 22.9. The molecule has 2 heteroatoms. The molecule has 1 aliphatic carbocycles. The lowest BCUT2D eigenvalue weighted by atomic mass is 9.89. The summed E-state index contributed by atoms with van der Waals surface area (Å²) in [5, 5.41) is 0. The molecule has 0 radical (unpaired) electrons. The van der Waals surface area contributed by atoms with Gasteiger partial charge in [0.2, 0.25) is 0 Å². The Morgan fingerprint density at radius 3 is 2.68 bits per heavy atom. The largest absolute Gasteiger partial charge is 0.469 e.